The molecule has 0 bridgehead atoms. The van der Waals surface area contributed by atoms with Crippen LogP contribution in [-0.2, 0) is 20.8 Å². The first-order valence-corrected chi connectivity index (χ1v) is 12.1. The molecular formula is C28H29NO6. The van der Waals surface area contributed by atoms with Crippen molar-refractivity contribution in [3.8, 4) is 17.2 Å². The van der Waals surface area contributed by atoms with Crippen LogP contribution in [0.15, 0.2) is 72.8 Å². The second-order valence-corrected chi connectivity index (χ2v) is 9.02. The van der Waals surface area contributed by atoms with Crippen molar-refractivity contribution in [2.24, 2.45) is 0 Å². The summed E-state index contributed by atoms with van der Waals surface area (Å²) in [7, 11) is 0. The highest BCUT2D eigenvalue weighted by atomic mass is 16.6. The van der Waals surface area contributed by atoms with E-state index in [0.29, 0.717) is 26.4 Å². The fourth-order valence-electron chi connectivity index (χ4n) is 3.71. The summed E-state index contributed by atoms with van der Waals surface area (Å²) in [5.74, 6) is 2.55. The summed E-state index contributed by atoms with van der Waals surface area (Å²) >= 11 is 0. The number of nitrogens with zero attached hydrogens (tertiary/aromatic N) is 1. The van der Waals surface area contributed by atoms with Gasteiger partial charge in [-0.3, -0.25) is 0 Å². The SMILES string of the molecule is c1cc(OCC2CO2)ccc1CN(c1ccc(OCC2CO2)cc1)c1ccc(OCC2CO2)cc1. The fourth-order valence-corrected chi connectivity index (χ4v) is 3.71. The number of benzene rings is 3. The number of epoxide rings is 3. The van der Waals surface area contributed by atoms with Gasteiger partial charge in [0.15, 0.2) is 0 Å². The van der Waals surface area contributed by atoms with Crippen LogP contribution in [0.1, 0.15) is 5.56 Å². The molecule has 6 rings (SSSR count). The number of hydrogen-bond donors (Lipinski definition) is 0. The van der Waals surface area contributed by atoms with E-state index >= 15 is 0 Å². The molecule has 3 atom stereocenters. The van der Waals surface area contributed by atoms with Crippen LogP contribution in [0, 0.1) is 0 Å². The molecule has 182 valence electrons. The Balaban J connectivity index is 1.17. The Morgan fingerprint density at radius 3 is 1.23 bits per heavy atom. The lowest BCUT2D eigenvalue weighted by atomic mass is 10.1. The van der Waals surface area contributed by atoms with Crippen molar-refractivity contribution in [3.63, 3.8) is 0 Å². The summed E-state index contributed by atoms with van der Waals surface area (Å²) in [6.07, 6.45) is 0.724. The summed E-state index contributed by atoms with van der Waals surface area (Å²) in [5, 5.41) is 0. The molecule has 0 aromatic heterocycles. The van der Waals surface area contributed by atoms with Gasteiger partial charge in [0, 0.05) is 17.9 Å². The first-order valence-electron chi connectivity index (χ1n) is 12.1. The van der Waals surface area contributed by atoms with Crippen LogP contribution in [0.25, 0.3) is 0 Å². The minimum absolute atomic E-state index is 0.238. The number of anilines is 2. The summed E-state index contributed by atoms with van der Waals surface area (Å²) in [6, 6.07) is 24.6. The lowest BCUT2D eigenvalue weighted by Gasteiger charge is -2.26. The Morgan fingerprint density at radius 2 is 0.886 bits per heavy atom. The maximum atomic E-state index is 5.82. The second kappa shape index (κ2) is 10.2. The zero-order valence-corrected chi connectivity index (χ0v) is 19.5. The van der Waals surface area contributed by atoms with Gasteiger partial charge in [-0.1, -0.05) is 12.1 Å². The molecule has 0 aliphatic carbocycles. The van der Waals surface area contributed by atoms with Gasteiger partial charge in [0.05, 0.1) is 19.8 Å². The molecule has 0 spiro atoms. The van der Waals surface area contributed by atoms with Crippen LogP contribution < -0.4 is 19.1 Å². The van der Waals surface area contributed by atoms with Gasteiger partial charge >= 0.3 is 0 Å². The molecule has 7 nitrogen and oxygen atoms in total. The van der Waals surface area contributed by atoms with E-state index in [1.165, 1.54) is 5.56 Å². The van der Waals surface area contributed by atoms with Gasteiger partial charge in [-0.2, -0.15) is 0 Å². The highest BCUT2D eigenvalue weighted by molar-refractivity contribution is 5.65. The van der Waals surface area contributed by atoms with Gasteiger partial charge in [0.25, 0.3) is 0 Å². The van der Waals surface area contributed by atoms with Crippen LogP contribution in [-0.4, -0.2) is 58.0 Å². The molecule has 7 heteroatoms. The van der Waals surface area contributed by atoms with Crippen LogP contribution in [0.4, 0.5) is 11.4 Å². The normalized spacial score (nSPS) is 21.8. The maximum absolute atomic E-state index is 5.82. The molecule has 3 aliphatic heterocycles. The molecule has 3 heterocycles. The lowest BCUT2D eigenvalue weighted by Crippen LogP contribution is -2.16. The molecular weight excluding hydrogens is 446 g/mol. The van der Waals surface area contributed by atoms with Crippen molar-refractivity contribution in [2.75, 3.05) is 44.5 Å². The molecule has 0 saturated carbocycles. The molecule has 0 amide bonds. The van der Waals surface area contributed by atoms with Gasteiger partial charge in [0.1, 0.15) is 55.4 Å². The monoisotopic (exact) mass is 475 g/mol. The second-order valence-electron chi connectivity index (χ2n) is 9.02. The number of ether oxygens (including phenoxy) is 6. The Bertz CT molecular complexity index is 1030. The average molecular weight is 476 g/mol. The highest BCUT2D eigenvalue weighted by Crippen LogP contribution is 2.31. The van der Waals surface area contributed by atoms with Crippen molar-refractivity contribution in [1.29, 1.82) is 0 Å². The molecule has 3 aliphatic rings. The molecule has 3 aromatic rings. The number of hydrogen-bond acceptors (Lipinski definition) is 7. The van der Waals surface area contributed by atoms with Crippen molar-refractivity contribution in [3.05, 3.63) is 78.4 Å². The summed E-state index contributed by atoms with van der Waals surface area (Å²) in [6.45, 7) is 4.88. The van der Waals surface area contributed by atoms with E-state index in [1.807, 2.05) is 36.4 Å². The largest absolute Gasteiger partial charge is 0.491 e. The minimum Gasteiger partial charge on any atom is -0.491 e. The summed E-state index contributed by atoms with van der Waals surface area (Å²) in [4.78, 5) is 2.27. The Kier molecular flexibility index (Phi) is 6.45. The topological polar surface area (TPSA) is 68.5 Å². The molecule has 0 N–H and O–H groups in total. The third kappa shape index (κ3) is 6.45. The first-order chi connectivity index (χ1) is 17.3. The lowest BCUT2D eigenvalue weighted by molar-refractivity contribution is 0.263. The van der Waals surface area contributed by atoms with Crippen molar-refractivity contribution < 1.29 is 28.4 Å². The van der Waals surface area contributed by atoms with Crippen molar-refractivity contribution >= 4 is 11.4 Å². The predicted molar refractivity (Wildman–Crippen MR) is 131 cm³/mol. The van der Waals surface area contributed by atoms with Crippen LogP contribution in [0.3, 0.4) is 0 Å². The molecule has 3 saturated heterocycles. The number of rotatable bonds is 13. The Morgan fingerprint density at radius 1 is 0.543 bits per heavy atom. The van der Waals surface area contributed by atoms with Crippen LogP contribution >= 0.6 is 0 Å². The van der Waals surface area contributed by atoms with E-state index in [9.17, 15) is 0 Å². The molecule has 3 unspecified atom stereocenters. The zero-order chi connectivity index (χ0) is 23.5. The highest BCUT2D eigenvalue weighted by Gasteiger charge is 2.24. The quantitative estimate of drug-likeness (QED) is 0.340. The molecule has 3 aromatic carbocycles. The van der Waals surface area contributed by atoms with Crippen molar-refractivity contribution in [2.45, 2.75) is 24.9 Å². The van der Waals surface area contributed by atoms with Crippen molar-refractivity contribution in [1.82, 2.24) is 0 Å². The first kappa shape index (κ1) is 22.2. The molecule has 0 radical (unpaired) electrons. The van der Waals surface area contributed by atoms with Gasteiger partial charge in [-0.15, -0.1) is 0 Å². The maximum Gasteiger partial charge on any atom is 0.119 e. The zero-order valence-electron chi connectivity index (χ0n) is 19.5. The standard InChI is InChI=1S/C28H29NO6/c1-7-23(30-14-26-17-33-26)8-2-20(1)13-29(21-3-9-24(10-4-21)31-15-27-18-34-27)22-5-11-25(12-6-22)32-16-28-19-35-28/h1-12,26-28H,13-19H2. The van der Waals surface area contributed by atoms with Gasteiger partial charge in [-0.05, 0) is 66.2 Å². The van der Waals surface area contributed by atoms with Crippen LogP contribution in [0.5, 0.6) is 17.2 Å². The van der Waals surface area contributed by atoms with Gasteiger partial charge in [0.2, 0.25) is 0 Å². The third-order valence-electron chi connectivity index (χ3n) is 6.08. The minimum atomic E-state index is 0.238. The molecule has 3 fully saturated rings. The Labute approximate surface area is 205 Å². The van der Waals surface area contributed by atoms with E-state index in [0.717, 1.165) is 48.4 Å². The Hall–Kier alpha value is -3.26. The summed E-state index contributed by atoms with van der Waals surface area (Å²) in [5.41, 5.74) is 3.33. The smallest absolute Gasteiger partial charge is 0.119 e. The van der Waals surface area contributed by atoms with Crippen LogP contribution in [0.2, 0.25) is 0 Å². The predicted octanol–water partition coefficient (Wildman–Crippen LogP) is 4.36. The van der Waals surface area contributed by atoms with E-state index in [-0.39, 0.29) is 18.3 Å². The fraction of sp³-hybridized carbons (Fsp3) is 0.357. The van der Waals surface area contributed by atoms with Gasteiger partial charge < -0.3 is 33.3 Å². The van der Waals surface area contributed by atoms with Gasteiger partial charge in [-0.25, -0.2) is 0 Å². The third-order valence-corrected chi connectivity index (χ3v) is 6.08. The summed E-state index contributed by atoms with van der Waals surface area (Å²) < 4.78 is 33.1. The van der Waals surface area contributed by atoms with E-state index < -0.39 is 0 Å². The van der Waals surface area contributed by atoms with E-state index in [4.69, 9.17) is 28.4 Å². The van der Waals surface area contributed by atoms with E-state index in [2.05, 4.69) is 41.3 Å². The van der Waals surface area contributed by atoms with E-state index in [1.54, 1.807) is 0 Å². The molecule has 35 heavy (non-hydrogen) atoms. The average Bonchev–Trinajstić information content (AvgIpc) is 3.76.